The number of amides is 1. The van der Waals surface area contributed by atoms with Crippen LogP contribution < -0.4 is 5.73 Å². The molecule has 2 N–H and O–H groups in total. The second-order valence-electron chi connectivity index (χ2n) is 2.11. The largest absolute Gasteiger partial charge is 0.366 e. The minimum Gasteiger partial charge on any atom is -0.366 e. The van der Waals surface area contributed by atoms with Gasteiger partial charge in [-0.05, 0) is 44.0 Å². The molecule has 5 heteroatoms. The molecule has 2 nitrogen and oxygen atoms in total. The maximum atomic E-state index is 10.8. The van der Waals surface area contributed by atoms with Gasteiger partial charge in [-0.3, -0.25) is 4.79 Å². The lowest BCUT2D eigenvalue weighted by molar-refractivity contribution is 0.100. The van der Waals surface area contributed by atoms with Crippen molar-refractivity contribution in [1.29, 1.82) is 0 Å². The van der Waals surface area contributed by atoms with Crippen LogP contribution in [0.25, 0.3) is 0 Å². The molecule has 0 saturated heterocycles. The summed E-state index contributed by atoms with van der Waals surface area (Å²) in [6.07, 6.45) is 0. The van der Waals surface area contributed by atoms with E-state index in [4.69, 9.17) is 17.3 Å². The van der Waals surface area contributed by atoms with Gasteiger partial charge in [0, 0.05) is 8.95 Å². The second-order valence-corrected chi connectivity index (χ2v) is 4.23. The van der Waals surface area contributed by atoms with Crippen molar-refractivity contribution in [2.24, 2.45) is 5.73 Å². The molecular weight excluding hydrogens is 309 g/mol. The molecule has 0 aliphatic carbocycles. The number of nitrogens with two attached hydrogens (primary N) is 1. The van der Waals surface area contributed by atoms with Crippen LogP contribution in [-0.4, -0.2) is 5.91 Å². The number of halogens is 3. The Kier molecular flexibility index (Phi) is 3.15. The summed E-state index contributed by atoms with van der Waals surface area (Å²) in [7, 11) is 0. The highest BCUT2D eigenvalue weighted by molar-refractivity contribution is 9.13. The SMILES string of the molecule is NC(=O)c1cc(Br)c(Br)cc1Cl. The molecule has 1 rings (SSSR count). The zero-order valence-corrected chi connectivity index (χ0v) is 9.70. The molecule has 64 valence electrons. The van der Waals surface area contributed by atoms with Gasteiger partial charge in [-0.1, -0.05) is 11.6 Å². The van der Waals surface area contributed by atoms with Crippen molar-refractivity contribution in [2.45, 2.75) is 0 Å². The van der Waals surface area contributed by atoms with Crippen LogP contribution in [0.3, 0.4) is 0 Å². The van der Waals surface area contributed by atoms with Crippen LogP contribution >= 0.6 is 43.5 Å². The fourth-order valence-corrected chi connectivity index (χ4v) is 1.79. The summed E-state index contributed by atoms with van der Waals surface area (Å²) in [6.45, 7) is 0. The third-order valence-electron chi connectivity index (χ3n) is 1.28. The highest BCUT2D eigenvalue weighted by Gasteiger charge is 2.09. The lowest BCUT2D eigenvalue weighted by Gasteiger charge is -2.01. The Morgan fingerprint density at radius 1 is 1.33 bits per heavy atom. The second kappa shape index (κ2) is 3.77. The molecule has 0 bridgehead atoms. The lowest BCUT2D eigenvalue weighted by atomic mass is 10.2. The molecule has 0 atom stereocenters. The smallest absolute Gasteiger partial charge is 0.250 e. The molecule has 0 aromatic heterocycles. The molecular formula is C7H4Br2ClNO. The van der Waals surface area contributed by atoms with Gasteiger partial charge < -0.3 is 5.73 Å². The number of rotatable bonds is 1. The summed E-state index contributed by atoms with van der Waals surface area (Å²) in [4.78, 5) is 10.8. The number of primary amides is 1. The minimum atomic E-state index is -0.534. The van der Waals surface area contributed by atoms with Crippen molar-refractivity contribution < 1.29 is 4.79 Å². The molecule has 0 fully saturated rings. The average Bonchev–Trinajstić information content (AvgIpc) is 1.96. The van der Waals surface area contributed by atoms with Gasteiger partial charge in [0.05, 0.1) is 10.6 Å². The Balaban J connectivity index is 3.33. The van der Waals surface area contributed by atoms with Crippen LogP contribution in [0.4, 0.5) is 0 Å². The van der Waals surface area contributed by atoms with Crippen LogP contribution in [0.5, 0.6) is 0 Å². The van der Waals surface area contributed by atoms with Crippen LogP contribution in [0.1, 0.15) is 10.4 Å². The van der Waals surface area contributed by atoms with Gasteiger partial charge in [0.25, 0.3) is 0 Å². The van der Waals surface area contributed by atoms with Gasteiger partial charge in [-0.25, -0.2) is 0 Å². The molecule has 0 radical (unpaired) electrons. The Morgan fingerprint density at radius 3 is 2.33 bits per heavy atom. The van der Waals surface area contributed by atoms with Gasteiger partial charge in [-0.15, -0.1) is 0 Å². The molecule has 0 unspecified atom stereocenters. The maximum absolute atomic E-state index is 10.8. The topological polar surface area (TPSA) is 43.1 Å². The molecule has 0 saturated carbocycles. The monoisotopic (exact) mass is 311 g/mol. The van der Waals surface area contributed by atoms with Crippen molar-refractivity contribution >= 4 is 49.4 Å². The van der Waals surface area contributed by atoms with E-state index in [1.54, 1.807) is 12.1 Å². The van der Waals surface area contributed by atoms with Crippen LogP contribution in [0.15, 0.2) is 21.1 Å². The van der Waals surface area contributed by atoms with E-state index >= 15 is 0 Å². The number of hydrogen-bond acceptors (Lipinski definition) is 1. The van der Waals surface area contributed by atoms with Crippen molar-refractivity contribution in [2.75, 3.05) is 0 Å². The van der Waals surface area contributed by atoms with Crippen LogP contribution in [0.2, 0.25) is 5.02 Å². The summed E-state index contributed by atoms with van der Waals surface area (Å²) in [5, 5.41) is 0.345. The van der Waals surface area contributed by atoms with Crippen molar-refractivity contribution in [3.63, 3.8) is 0 Å². The van der Waals surface area contributed by atoms with E-state index in [0.29, 0.717) is 10.6 Å². The molecule has 0 aliphatic rings. The van der Waals surface area contributed by atoms with Gasteiger partial charge in [0.2, 0.25) is 5.91 Å². The average molecular weight is 313 g/mol. The van der Waals surface area contributed by atoms with E-state index in [1.807, 2.05) is 0 Å². The first-order valence-corrected chi connectivity index (χ1v) is 4.93. The zero-order valence-electron chi connectivity index (χ0n) is 5.77. The van der Waals surface area contributed by atoms with Gasteiger partial charge in [0.15, 0.2) is 0 Å². The quantitative estimate of drug-likeness (QED) is 0.796. The summed E-state index contributed by atoms with van der Waals surface area (Å²) in [6, 6.07) is 3.19. The third kappa shape index (κ3) is 2.00. The molecule has 12 heavy (non-hydrogen) atoms. The molecule has 1 aromatic carbocycles. The summed E-state index contributed by atoms with van der Waals surface area (Å²) >= 11 is 12.2. The van der Waals surface area contributed by atoms with E-state index in [-0.39, 0.29) is 0 Å². The van der Waals surface area contributed by atoms with Crippen molar-refractivity contribution in [1.82, 2.24) is 0 Å². The highest BCUT2D eigenvalue weighted by atomic mass is 79.9. The Labute approximate surface area is 91.3 Å². The number of benzene rings is 1. The van der Waals surface area contributed by atoms with E-state index in [2.05, 4.69) is 31.9 Å². The summed E-state index contributed by atoms with van der Waals surface area (Å²) < 4.78 is 1.54. The Morgan fingerprint density at radius 2 is 1.83 bits per heavy atom. The predicted molar refractivity (Wildman–Crippen MR) is 55.4 cm³/mol. The van der Waals surface area contributed by atoms with E-state index < -0.39 is 5.91 Å². The van der Waals surface area contributed by atoms with E-state index in [0.717, 1.165) is 8.95 Å². The fourth-order valence-electron chi connectivity index (χ4n) is 0.711. The van der Waals surface area contributed by atoms with Gasteiger partial charge in [0.1, 0.15) is 0 Å². The number of carbonyl (C=O) groups excluding carboxylic acids is 1. The minimum absolute atomic E-state index is 0.312. The maximum Gasteiger partial charge on any atom is 0.250 e. The first-order valence-electron chi connectivity index (χ1n) is 2.96. The predicted octanol–water partition coefficient (Wildman–Crippen LogP) is 2.96. The number of hydrogen-bond donors (Lipinski definition) is 1. The van der Waals surface area contributed by atoms with Crippen LogP contribution in [-0.2, 0) is 0 Å². The molecule has 0 spiro atoms. The molecule has 1 amide bonds. The van der Waals surface area contributed by atoms with Crippen molar-refractivity contribution in [3.05, 3.63) is 31.7 Å². The van der Waals surface area contributed by atoms with E-state index in [9.17, 15) is 4.79 Å². The lowest BCUT2D eigenvalue weighted by Crippen LogP contribution is -2.11. The zero-order chi connectivity index (χ0) is 9.30. The molecule has 1 aromatic rings. The Bertz CT molecular complexity index is 340. The molecule has 0 heterocycles. The summed E-state index contributed by atoms with van der Waals surface area (Å²) in [5.74, 6) is -0.534. The summed E-state index contributed by atoms with van der Waals surface area (Å²) in [5.41, 5.74) is 5.39. The Hall–Kier alpha value is -0.0600. The van der Waals surface area contributed by atoms with E-state index in [1.165, 1.54) is 0 Å². The van der Waals surface area contributed by atoms with Crippen LogP contribution in [0, 0.1) is 0 Å². The van der Waals surface area contributed by atoms with Gasteiger partial charge in [-0.2, -0.15) is 0 Å². The number of carbonyl (C=O) groups is 1. The fraction of sp³-hybridized carbons (Fsp3) is 0. The standard InChI is InChI=1S/C7H4Br2ClNO/c8-4-1-3(7(11)12)6(10)2-5(4)9/h1-2H,(H2,11,12). The third-order valence-corrected chi connectivity index (χ3v) is 3.43. The first kappa shape index (κ1) is 10.0. The van der Waals surface area contributed by atoms with Crippen molar-refractivity contribution in [3.8, 4) is 0 Å². The highest BCUT2D eigenvalue weighted by Crippen LogP contribution is 2.29. The molecule has 0 aliphatic heterocycles. The first-order chi connectivity index (χ1) is 5.52. The van der Waals surface area contributed by atoms with Gasteiger partial charge >= 0.3 is 0 Å². The normalized spacial score (nSPS) is 9.92.